The average molecular weight is 244 g/mol. The van der Waals surface area contributed by atoms with E-state index in [0.717, 1.165) is 24.6 Å². The highest BCUT2D eigenvalue weighted by Gasteiger charge is 2.29. The maximum atomic E-state index is 5.36. The molecule has 0 aliphatic carbocycles. The first-order valence-corrected chi connectivity index (χ1v) is 6.28. The molecular formula is C13H16N4O. The van der Waals surface area contributed by atoms with Gasteiger partial charge in [0.05, 0.1) is 12.3 Å². The lowest BCUT2D eigenvalue weighted by molar-refractivity contribution is 0.342. The van der Waals surface area contributed by atoms with Crippen molar-refractivity contribution in [3.63, 3.8) is 0 Å². The quantitative estimate of drug-likeness (QED) is 0.886. The summed E-state index contributed by atoms with van der Waals surface area (Å²) in [5, 5.41) is 7.42. The molecule has 94 valence electrons. The van der Waals surface area contributed by atoms with Gasteiger partial charge in [0, 0.05) is 17.9 Å². The highest BCUT2D eigenvalue weighted by molar-refractivity contribution is 5.10. The van der Waals surface area contributed by atoms with Crippen LogP contribution in [0.25, 0.3) is 0 Å². The van der Waals surface area contributed by atoms with Gasteiger partial charge in [-0.05, 0) is 32.0 Å². The van der Waals surface area contributed by atoms with E-state index in [1.54, 1.807) is 6.20 Å². The molecule has 2 atom stereocenters. The van der Waals surface area contributed by atoms with Crippen molar-refractivity contribution in [1.82, 2.24) is 20.4 Å². The summed E-state index contributed by atoms with van der Waals surface area (Å²) in [6.45, 7) is 3.17. The normalized spacial score (nSPS) is 23.4. The monoisotopic (exact) mass is 244 g/mol. The van der Waals surface area contributed by atoms with Crippen molar-refractivity contribution >= 4 is 0 Å². The predicted octanol–water partition coefficient (Wildman–Crippen LogP) is 1.52. The van der Waals surface area contributed by atoms with Crippen molar-refractivity contribution in [3.05, 3.63) is 41.8 Å². The number of nitrogens with one attached hydrogen (secondary N) is 1. The summed E-state index contributed by atoms with van der Waals surface area (Å²) in [4.78, 5) is 8.74. The molecule has 1 saturated heterocycles. The average Bonchev–Trinajstić information content (AvgIpc) is 2.99. The fraction of sp³-hybridized carbons (Fsp3) is 0.462. The third-order valence-electron chi connectivity index (χ3n) is 3.39. The van der Waals surface area contributed by atoms with Crippen molar-refractivity contribution in [2.75, 3.05) is 6.54 Å². The minimum atomic E-state index is 0.343. The van der Waals surface area contributed by atoms with Gasteiger partial charge in [-0.3, -0.25) is 4.98 Å². The summed E-state index contributed by atoms with van der Waals surface area (Å²) in [6, 6.07) is 6.24. The van der Waals surface area contributed by atoms with Crippen LogP contribution in [0.15, 0.2) is 28.9 Å². The fourth-order valence-electron chi connectivity index (χ4n) is 2.35. The number of nitrogens with zero attached hydrogens (tertiary/aromatic N) is 3. The van der Waals surface area contributed by atoms with Crippen molar-refractivity contribution in [2.24, 2.45) is 0 Å². The Labute approximate surface area is 106 Å². The van der Waals surface area contributed by atoms with Gasteiger partial charge in [0.1, 0.15) is 0 Å². The van der Waals surface area contributed by atoms with E-state index in [1.165, 1.54) is 0 Å². The van der Waals surface area contributed by atoms with Crippen LogP contribution in [-0.4, -0.2) is 27.7 Å². The molecule has 1 aliphatic heterocycles. The summed E-state index contributed by atoms with van der Waals surface area (Å²) in [5.41, 5.74) is 0.961. The third kappa shape index (κ3) is 2.26. The number of aromatic nitrogens is 3. The van der Waals surface area contributed by atoms with Crippen LogP contribution in [0.1, 0.15) is 36.7 Å². The van der Waals surface area contributed by atoms with E-state index in [9.17, 15) is 0 Å². The van der Waals surface area contributed by atoms with Crippen molar-refractivity contribution in [2.45, 2.75) is 31.7 Å². The van der Waals surface area contributed by atoms with Crippen LogP contribution >= 0.6 is 0 Å². The van der Waals surface area contributed by atoms with Gasteiger partial charge in [-0.1, -0.05) is 11.2 Å². The molecule has 5 nitrogen and oxygen atoms in total. The molecule has 1 fully saturated rings. The van der Waals surface area contributed by atoms with Crippen molar-refractivity contribution in [1.29, 1.82) is 0 Å². The number of hydrogen-bond acceptors (Lipinski definition) is 5. The molecule has 2 aromatic heterocycles. The summed E-state index contributed by atoms with van der Waals surface area (Å²) in [6.07, 6.45) is 3.46. The highest BCUT2D eigenvalue weighted by atomic mass is 16.5. The molecule has 3 heterocycles. The second-order valence-electron chi connectivity index (χ2n) is 4.68. The molecule has 0 bridgehead atoms. The van der Waals surface area contributed by atoms with Gasteiger partial charge < -0.3 is 9.84 Å². The Hall–Kier alpha value is -1.75. The molecule has 5 heteroatoms. The highest BCUT2D eigenvalue weighted by Crippen LogP contribution is 2.26. The second kappa shape index (κ2) is 4.86. The Morgan fingerprint density at radius 2 is 2.39 bits per heavy atom. The zero-order valence-corrected chi connectivity index (χ0v) is 10.3. The Morgan fingerprint density at radius 3 is 3.11 bits per heavy atom. The van der Waals surface area contributed by atoms with E-state index < -0.39 is 0 Å². The molecule has 0 aromatic carbocycles. The van der Waals surface area contributed by atoms with Gasteiger partial charge in [0.15, 0.2) is 5.82 Å². The maximum absolute atomic E-state index is 5.36. The minimum Gasteiger partial charge on any atom is -0.339 e. The van der Waals surface area contributed by atoms with Crippen LogP contribution in [0, 0.1) is 0 Å². The molecule has 1 aliphatic rings. The topological polar surface area (TPSA) is 63.8 Å². The van der Waals surface area contributed by atoms with Crippen LogP contribution < -0.4 is 5.32 Å². The molecule has 3 rings (SSSR count). The standard InChI is InChI=1S/C13H16N4O/c1-9-11(5-7-14-9)13-16-12(17-18-13)8-10-4-2-3-6-15-10/h2-4,6,9,11,14H,5,7-8H2,1H3. The largest absolute Gasteiger partial charge is 0.339 e. The van der Waals surface area contributed by atoms with Crippen LogP contribution in [-0.2, 0) is 6.42 Å². The molecule has 18 heavy (non-hydrogen) atoms. The molecule has 2 unspecified atom stereocenters. The molecule has 0 spiro atoms. The molecular weight excluding hydrogens is 228 g/mol. The smallest absolute Gasteiger partial charge is 0.231 e. The van der Waals surface area contributed by atoms with Crippen molar-refractivity contribution < 1.29 is 4.52 Å². The zero-order chi connectivity index (χ0) is 12.4. The number of pyridine rings is 1. The lowest BCUT2D eigenvalue weighted by Crippen LogP contribution is -2.21. The Kier molecular flexibility index (Phi) is 3.06. The van der Waals surface area contributed by atoms with Crippen molar-refractivity contribution in [3.8, 4) is 0 Å². The van der Waals surface area contributed by atoms with Gasteiger partial charge in [0.25, 0.3) is 0 Å². The van der Waals surface area contributed by atoms with Gasteiger partial charge in [0.2, 0.25) is 5.89 Å². The maximum Gasteiger partial charge on any atom is 0.231 e. The minimum absolute atomic E-state index is 0.343. The second-order valence-corrected chi connectivity index (χ2v) is 4.68. The van der Waals surface area contributed by atoms with Crippen LogP contribution in [0.3, 0.4) is 0 Å². The molecule has 0 radical (unpaired) electrons. The van der Waals surface area contributed by atoms with E-state index in [4.69, 9.17) is 4.52 Å². The number of hydrogen-bond donors (Lipinski definition) is 1. The van der Waals surface area contributed by atoms with E-state index in [1.807, 2.05) is 18.2 Å². The van der Waals surface area contributed by atoms with Gasteiger partial charge >= 0.3 is 0 Å². The summed E-state index contributed by atoms with van der Waals surface area (Å²) in [7, 11) is 0. The Morgan fingerprint density at radius 1 is 1.44 bits per heavy atom. The Balaban J connectivity index is 1.74. The van der Waals surface area contributed by atoms with Gasteiger partial charge in [-0.15, -0.1) is 0 Å². The molecule has 2 aromatic rings. The third-order valence-corrected chi connectivity index (χ3v) is 3.39. The molecule has 0 amide bonds. The Bertz CT molecular complexity index is 511. The van der Waals surface area contributed by atoms with Crippen LogP contribution in [0.5, 0.6) is 0 Å². The predicted molar refractivity (Wildman–Crippen MR) is 66.2 cm³/mol. The van der Waals surface area contributed by atoms with E-state index in [2.05, 4.69) is 27.4 Å². The van der Waals surface area contributed by atoms with E-state index in [-0.39, 0.29) is 0 Å². The van der Waals surface area contributed by atoms with Gasteiger partial charge in [-0.25, -0.2) is 0 Å². The van der Waals surface area contributed by atoms with Crippen LogP contribution in [0.4, 0.5) is 0 Å². The lowest BCUT2D eigenvalue weighted by atomic mass is 10.0. The first-order chi connectivity index (χ1) is 8.83. The summed E-state index contributed by atoms with van der Waals surface area (Å²) in [5.74, 6) is 1.80. The number of rotatable bonds is 3. The first kappa shape index (κ1) is 11.3. The van der Waals surface area contributed by atoms with Gasteiger partial charge in [-0.2, -0.15) is 4.98 Å². The summed E-state index contributed by atoms with van der Waals surface area (Å²) >= 11 is 0. The summed E-state index contributed by atoms with van der Waals surface area (Å²) < 4.78 is 5.36. The molecule has 1 N–H and O–H groups in total. The first-order valence-electron chi connectivity index (χ1n) is 6.28. The fourth-order valence-corrected chi connectivity index (χ4v) is 2.35. The SMILES string of the molecule is CC1NCCC1c1nc(Cc2ccccn2)no1. The lowest BCUT2D eigenvalue weighted by Gasteiger charge is -2.08. The van der Waals surface area contributed by atoms with E-state index in [0.29, 0.717) is 24.2 Å². The zero-order valence-electron chi connectivity index (χ0n) is 10.3. The van der Waals surface area contributed by atoms with E-state index >= 15 is 0 Å². The molecule has 0 saturated carbocycles. The van der Waals surface area contributed by atoms with Crippen LogP contribution in [0.2, 0.25) is 0 Å².